The van der Waals surface area contributed by atoms with E-state index < -0.39 is 5.60 Å². The zero-order valence-corrected chi connectivity index (χ0v) is 16.7. The molecule has 0 saturated carbocycles. The Balaban J connectivity index is 0.00000261. The largest absolute Gasteiger partial charge is 0.454 e. The molecule has 0 aliphatic carbocycles. The number of hydrogen-bond acceptors (Lipinski definition) is 3. The topological polar surface area (TPSA) is 29.5 Å². The van der Waals surface area contributed by atoms with Crippen LogP contribution in [-0.4, -0.2) is 30.5 Å². The highest BCUT2D eigenvalue weighted by atomic mass is 35.5. The van der Waals surface area contributed by atoms with Gasteiger partial charge in [-0.2, -0.15) is 0 Å². The highest BCUT2D eigenvalue weighted by molar-refractivity contribution is 5.85. The van der Waals surface area contributed by atoms with Gasteiger partial charge in [-0.3, -0.25) is 9.69 Å². The van der Waals surface area contributed by atoms with E-state index in [9.17, 15) is 4.79 Å². The van der Waals surface area contributed by atoms with E-state index in [-0.39, 0.29) is 18.4 Å². The van der Waals surface area contributed by atoms with Gasteiger partial charge in [0.25, 0.3) is 0 Å². The smallest absolute Gasteiger partial charge is 0.306 e. The van der Waals surface area contributed by atoms with Crippen molar-refractivity contribution in [2.24, 2.45) is 0 Å². The Morgan fingerprint density at radius 1 is 1.04 bits per heavy atom. The summed E-state index contributed by atoms with van der Waals surface area (Å²) in [7, 11) is 0. The lowest BCUT2D eigenvalue weighted by molar-refractivity contribution is -0.166. The quantitative estimate of drug-likeness (QED) is 0.650. The molecule has 0 spiro atoms. The molecule has 1 fully saturated rings. The van der Waals surface area contributed by atoms with Gasteiger partial charge in [-0.1, -0.05) is 79.7 Å². The molecule has 1 aliphatic rings. The molecule has 1 aliphatic heterocycles. The monoisotopic (exact) mass is 385 g/mol. The summed E-state index contributed by atoms with van der Waals surface area (Å²) in [6, 6.07) is 20.5. The maximum atomic E-state index is 12.0. The molecule has 2 aromatic rings. The molecule has 1 saturated heterocycles. The molecule has 27 heavy (non-hydrogen) atoms. The molecular weight excluding hydrogens is 358 g/mol. The van der Waals surface area contributed by atoms with Crippen LogP contribution in [0.2, 0.25) is 0 Å². The Kier molecular flexibility index (Phi) is 8.08. The van der Waals surface area contributed by atoms with Gasteiger partial charge in [0.15, 0.2) is 0 Å². The van der Waals surface area contributed by atoms with Gasteiger partial charge in [-0.25, -0.2) is 0 Å². The Morgan fingerprint density at radius 2 is 1.63 bits per heavy atom. The maximum absolute atomic E-state index is 12.0. The van der Waals surface area contributed by atoms with Gasteiger partial charge >= 0.3 is 5.97 Å². The lowest BCUT2D eigenvalue weighted by atomic mass is 9.84. The lowest BCUT2D eigenvalue weighted by Gasteiger charge is -2.41. The maximum Gasteiger partial charge on any atom is 0.306 e. The number of carbonyl (C=O) groups is 1. The minimum absolute atomic E-state index is 0. The van der Waals surface area contributed by atoms with Gasteiger partial charge in [0, 0.05) is 38.9 Å². The van der Waals surface area contributed by atoms with Gasteiger partial charge in [-0.05, 0) is 11.1 Å². The zero-order chi connectivity index (χ0) is 18.2. The number of nitrogens with zero attached hydrogens (tertiary/aromatic N) is 1. The second-order valence-corrected chi connectivity index (χ2v) is 6.80. The summed E-state index contributed by atoms with van der Waals surface area (Å²) >= 11 is 0. The SMILES string of the molecule is CCC(=O)OC1(c2ccccc2)CCN(C/C=C/c2ccccc2)CC1.Cl. The molecule has 0 aromatic heterocycles. The fraction of sp³-hybridized carbons (Fsp3) is 0.348. The molecule has 0 unspecified atom stereocenters. The fourth-order valence-corrected chi connectivity index (χ4v) is 3.48. The Morgan fingerprint density at radius 3 is 2.22 bits per heavy atom. The number of rotatable bonds is 6. The first-order valence-electron chi connectivity index (χ1n) is 9.43. The normalized spacial score (nSPS) is 16.6. The molecule has 4 heteroatoms. The minimum atomic E-state index is -0.478. The van der Waals surface area contributed by atoms with E-state index in [2.05, 4.69) is 53.5 Å². The Labute approximate surface area is 168 Å². The van der Waals surface area contributed by atoms with Crippen molar-refractivity contribution >= 4 is 24.5 Å². The van der Waals surface area contributed by atoms with Crippen LogP contribution in [-0.2, 0) is 15.1 Å². The van der Waals surface area contributed by atoms with Gasteiger partial charge < -0.3 is 4.74 Å². The first kappa shape index (κ1) is 21.2. The van der Waals surface area contributed by atoms with Gasteiger partial charge in [0.2, 0.25) is 0 Å². The van der Waals surface area contributed by atoms with Crippen LogP contribution in [0.4, 0.5) is 0 Å². The fourth-order valence-electron chi connectivity index (χ4n) is 3.48. The van der Waals surface area contributed by atoms with Crippen molar-refractivity contribution in [1.82, 2.24) is 4.90 Å². The van der Waals surface area contributed by atoms with Crippen molar-refractivity contribution in [3.05, 3.63) is 77.9 Å². The van der Waals surface area contributed by atoms with E-state index in [0.29, 0.717) is 6.42 Å². The van der Waals surface area contributed by atoms with E-state index in [0.717, 1.165) is 38.0 Å². The van der Waals surface area contributed by atoms with Gasteiger partial charge in [0.1, 0.15) is 5.60 Å². The third-order valence-corrected chi connectivity index (χ3v) is 5.03. The van der Waals surface area contributed by atoms with Crippen LogP contribution >= 0.6 is 12.4 Å². The van der Waals surface area contributed by atoms with Crippen molar-refractivity contribution < 1.29 is 9.53 Å². The standard InChI is InChI=1S/C23H27NO2.ClH/c1-2-22(25)26-23(21-13-7-4-8-14-21)15-18-24(19-16-23)17-9-12-20-10-5-3-6-11-20;/h3-14H,2,15-19H2,1H3;1H/b12-9+;. The van der Waals surface area contributed by atoms with Crippen LogP contribution in [0.3, 0.4) is 0 Å². The van der Waals surface area contributed by atoms with Crippen molar-refractivity contribution in [1.29, 1.82) is 0 Å². The predicted octanol–water partition coefficient (Wildman–Crippen LogP) is 5.07. The predicted molar refractivity (Wildman–Crippen MR) is 113 cm³/mol. The van der Waals surface area contributed by atoms with Crippen LogP contribution in [0.25, 0.3) is 6.08 Å². The van der Waals surface area contributed by atoms with Crippen molar-refractivity contribution in [2.45, 2.75) is 31.8 Å². The van der Waals surface area contributed by atoms with E-state index in [4.69, 9.17) is 4.74 Å². The number of esters is 1. The number of carbonyl (C=O) groups excluding carboxylic acids is 1. The average Bonchev–Trinajstić information content (AvgIpc) is 2.71. The lowest BCUT2D eigenvalue weighted by Crippen LogP contribution is -2.45. The summed E-state index contributed by atoms with van der Waals surface area (Å²) in [5, 5.41) is 0. The zero-order valence-electron chi connectivity index (χ0n) is 15.8. The van der Waals surface area contributed by atoms with Crippen LogP contribution in [0.1, 0.15) is 37.3 Å². The van der Waals surface area contributed by atoms with E-state index in [1.807, 2.05) is 31.2 Å². The second-order valence-electron chi connectivity index (χ2n) is 6.80. The van der Waals surface area contributed by atoms with Crippen LogP contribution < -0.4 is 0 Å². The Bertz CT molecular complexity index is 723. The van der Waals surface area contributed by atoms with E-state index in [1.54, 1.807) is 0 Å². The van der Waals surface area contributed by atoms with Crippen molar-refractivity contribution in [3.63, 3.8) is 0 Å². The van der Waals surface area contributed by atoms with E-state index in [1.165, 1.54) is 5.56 Å². The van der Waals surface area contributed by atoms with Crippen molar-refractivity contribution in [3.8, 4) is 0 Å². The summed E-state index contributed by atoms with van der Waals surface area (Å²) in [6.07, 6.45) is 6.46. The highest BCUT2D eigenvalue weighted by Crippen LogP contribution is 2.37. The molecular formula is C23H28ClNO2. The number of ether oxygens (including phenoxy) is 1. The molecule has 0 N–H and O–H groups in total. The van der Waals surface area contributed by atoms with Gasteiger partial charge in [-0.15, -0.1) is 12.4 Å². The third-order valence-electron chi connectivity index (χ3n) is 5.03. The number of piperidine rings is 1. The molecule has 0 amide bonds. The summed E-state index contributed by atoms with van der Waals surface area (Å²) in [6.45, 7) is 4.61. The summed E-state index contributed by atoms with van der Waals surface area (Å²) in [4.78, 5) is 14.4. The second kappa shape index (κ2) is 10.3. The number of likely N-dealkylation sites (tertiary alicyclic amines) is 1. The molecule has 0 atom stereocenters. The minimum Gasteiger partial charge on any atom is -0.454 e. The Hall–Kier alpha value is -2.10. The van der Waals surface area contributed by atoms with Crippen molar-refractivity contribution in [2.75, 3.05) is 19.6 Å². The van der Waals surface area contributed by atoms with Crippen LogP contribution in [0.5, 0.6) is 0 Å². The molecule has 1 heterocycles. The highest BCUT2D eigenvalue weighted by Gasteiger charge is 2.39. The third kappa shape index (κ3) is 5.69. The first-order valence-corrected chi connectivity index (χ1v) is 9.43. The van der Waals surface area contributed by atoms with Gasteiger partial charge in [0.05, 0.1) is 0 Å². The number of halogens is 1. The number of benzene rings is 2. The van der Waals surface area contributed by atoms with Crippen LogP contribution in [0.15, 0.2) is 66.7 Å². The summed E-state index contributed by atoms with van der Waals surface area (Å²) < 4.78 is 5.95. The van der Waals surface area contributed by atoms with Crippen LogP contribution in [0, 0.1) is 0 Å². The summed E-state index contributed by atoms with van der Waals surface area (Å²) in [5.74, 6) is -0.119. The average molecular weight is 386 g/mol. The molecule has 0 radical (unpaired) electrons. The first-order chi connectivity index (χ1) is 12.7. The molecule has 0 bridgehead atoms. The summed E-state index contributed by atoms with van der Waals surface area (Å²) in [5.41, 5.74) is 1.86. The number of hydrogen-bond donors (Lipinski definition) is 0. The van der Waals surface area contributed by atoms with E-state index >= 15 is 0 Å². The molecule has 3 rings (SSSR count). The molecule has 144 valence electrons. The molecule has 2 aromatic carbocycles. The molecule has 3 nitrogen and oxygen atoms in total.